The predicted molar refractivity (Wildman–Crippen MR) is 56.5 cm³/mol. The van der Waals surface area contributed by atoms with Crippen LogP contribution >= 0.6 is 0 Å². The lowest BCUT2D eigenvalue weighted by Gasteiger charge is -1.94. The van der Waals surface area contributed by atoms with Crippen molar-refractivity contribution in [2.24, 2.45) is 0 Å². The Kier molecular flexibility index (Phi) is 3.16. The van der Waals surface area contributed by atoms with E-state index < -0.39 is 0 Å². The molecule has 0 saturated carbocycles. The number of hydrogen-bond donors (Lipinski definition) is 2. The van der Waals surface area contributed by atoms with Gasteiger partial charge in [0, 0.05) is 13.0 Å². The van der Waals surface area contributed by atoms with Crippen LogP contribution in [0.2, 0.25) is 0 Å². The van der Waals surface area contributed by atoms with Gasteiger partial charge in [0.1, 0.15) is 11.4 Å². The Morgan fingerprint density at radius 3 is 3.12 bits per heavy atom. The number of ether oxygens (including phenoxy) is 1. The van der Waals surface area contributed by atoms with Crippen LogP contribution in [0.1, 0.15) is 12.7 Å². The Morgan fingerprint density at radius 1 is 1.56 bits per heavy atom. The Hall–Kier alpha value is -1.89. The van der Waals surface area contributed by atoms with Crippen molar-refractivity contribution in [3.63, 3.8) is 0 Å². The van der Waals surface area contributed by atoms with Gasteiger partial charge in [-0.1, -0.05) is 5.16 Å². The molecular weight excluding hydrogens is 210 g/mol. The molecule has 2 aromatic heterocycles. The number of hydrogen-bond acceptors (Lipinski definition) is 6. The van der Waals surface area contributed by atoms with Gasteiger partial charge in [0.2, 0.25) is 0 Å². The van der Waals surface area contributed by atoms with Gasteiger partial charge in [-0.05, 0) is 6.92 Å². The molecule has 0 amide bonds. The second kappa shape index (κ2) is 4.75. The summed E-state index contributed by atoms with van der Waals surface area (Å²) in [4.78, 5) is 4.19. The second-order valence-electron chi connectivity index (χ2n) is 3.16. The monoisotopic (exact) mass is 223 g/mol. The SMILES string of the molecule is CCOCCc1noc(-c2cn[nH]c2N)n1. The summed E-state index contributed by atoms with van der Waals surface area (Å²) in [6.07, 6.45) is 2.17. The van der Waals surface area contributed by atoms with Crippen LogP contribution in [-0.2, 0) is 11.2 Å². The summed E-state index contributed by atoms with van der Waals surface area (Å²) < 4.78 is 10.3. The second-order valence-corrected chi connectivity index (χ2v) is 3.16. The highest BCUT2D eigenvalue weighted by Gasteiger charge is 2.12. The summed E-state index contributed by atoms with van der Waals surface area (Å²) >= 11 is 0. The van der Waals surface area contributed by atoms with E-state index in [-0.39, 0.29) is 0 Å². The molecule has 0 aliphatic heterocycles. The average Bonchev–Trinajstić information content (AvgIpc) is 2.87. The maximum Gasteiger partial charge on any atom is 0.263 e. The van der Waals surface area contributed by atoms with Crippen molar-refractivity contribution in [3.8, 4) is 11.5 Å². The molecule has 3 N–H and O–H groups in total. The van der Waals surface area contributed by atoms with Crippen LogP contribution in [0.15, 0.2) is 10.7 Å². The molecule has 2 aromatic rings. The van der Waals surface area contributed by atoms with E-state index >= 15 is 0 Å². The molecule has 0 unspecified atom stereocenters. The number of nitrogen functional groups attached to an aromatic ring is 1. The van der Waals surface area contributed by atoms with Gasteiger partial charge in [0.25, 0.3) is 5.89 Å². The minimum absolute atomic E-state index is 0.373. The molecule has 7 nitrogen and oxygen atoms in total. The maximum absolute atomic E-state index is 5.63. The predicted octanol–water partition coefficient (Wildman–Crippen LogP) is 0.621. The highest BCUT2D eigenvalue weighted by Crippen LogP contribution is 2.21. The normalized spacial score (nSPS) is 10.8. The number of aromatic amines is 1. The van der Waals surface area contributed by atoms with Crippen molar-refractivity contribution >= 4 is 5.82 Å². The van der Waals surface area contributed by atoms with Gasteiger partial charge < -0.3 is 15.0 Å². The van der Waals surface area contributed by atoms with Crippen LogP contribution in [0, 0.1) is 0 Å². The highest BCUT2D eigenvalue weighted by molar-refractivity contribution is 5.65. The van der Waals surface area contributed by atoms with E-state index in [2.05, 4.69) is 20.3 Å². The first-order valence-corrected chi connectivity index (χ1v) is 5.00. The van der Waals surface area contributed by atoms with Gasteiger partial charge in [-0.15, -0.1) is 0 Å². The summed E-state index contributed by atoms with van der Waals surface area (Å²) in [5.41, 5.74) is 6.25. The molecule has 0 saturated heterocycles. The molecule has 0 radical (unpaired) electrons. The summed E-state index contributed by atoms with van der Waals surface area (Å²) in [7, 11) is 0. The molecule has 7 heteroatoms. The van der Waals surface area contributed by atoms with Gasteiger partial charge in [0.15, 0.2) is 5.82 Å². The minimum Gasteiger partial charge on any atom is -0.383 e. The molecule has 86 valence electrons. The molecule has 0 aliphatic carbocycles. The average molecular weight is 223 g/mol. The summed E-state index contributed by atoms with van der Waals surface area (Å²) in [6, 6.07) is 0. The first kappa shape index (κ1) is 10.6. The first-order valence-electron chi connectivity index (χ1n) is 5.00. The fourth-order valence-corrected chi connectivity index (χ4v) is 1.24. The highest BCUT2D eigenvalue weighted by atomic mass is 16.5. The van der Waals surface area contributed by atoms with E-state index in [0.29, 0.717) is 42.7 Å². The van der Waals surface area contributed by atoms with E-state index in [1.165, 1.54) is 0 Å². The molecule has 0 aromatic carbocycles. The quantitative estimate of drug-likeness (QED) is 0.720. The maximum atomic E-state index is 5.63. The van der Waals surface area contributed by atoms with Crippen molar-refractivity contribution in [2.45, 2.75) is 13.3 Å². The number of nitrogens with one attached hydrogen (secondary N) is 1. The molecule has 0 bridgehead atoms. The Bertz CT molecular complexity index is 450. The zero-order valence-corrected chi connectivity index (χ0v) is 8.93. The van der Waals surface area contributed by atoms with Crippen molar-refractivity contribution in [1.82, 2.24) is 20.3 Å². The van der Waals surface area contributed by atoms with Crippen LogP contribution in [-0.4, -0.2) is 33.6 Å². The van der Waals surface area contributed by atoms with Crippen molar-refractivity contribution in [2.75, 3.05) is 18.9 Å². The molecule has 2 rings (SSSR count). The number of rotatable bonds is 5. The molecular formula is C9H13N5O2. The lowest BCUT2D eigenvalue weighted by atomic mass is 10.3. The lowest BCUT2D eigenvalue weighted by molar-refractivity contribution is 0.149. The zero-order chi connectivity index (χ0) is 11.4. The summed E-state index contributed by atoms with van der Waals surface area (Å²) in [5, 5.41) is 10.2. The topological polar surface area (TPSA) is 103 Å². The number of anilines is 1. The first-order chi connectivity index (χ1) is 7.81. The lowest BCUT2D eigenvalue weighted by Crippen LogP contribution is -1.99. The fourth-order valence-electron chi connectivity index (χ4n) is 1.24. The van der Waals surface area contributed by atoms with Gasteiger partial charge in [0.05, 0.1) is 12.8 Å². The van der Waals surface area contributed by atoms with Crippen LogP contribution in [0.25, 0.3) is 11.5 Å². The fraction of sp³-hybridized carbons (Fsp3) is 0.444. The third-order valence-electron chi connectivity index (χ3n) is 2.04. The third kappa shape index (κ3) is 2.19. The number of nitrogens with two attached hydrogens (primary N) is 1. The van der Waals surface area contributed by atoms with Crippen LogP contribution in [0.4, 0.5) is 5.82 Å². The van der Waals surface area contributed by atoms with Crippen LogP contribution in [0.5, 0.6) is 0 Å². The van der Waals surface area contributed by atoms with E-state index in [0.717, 1.165) is 0 Å². The molecule has 0 fully saturated rings. The molecule has 0 atom stereocenters. The Labute approximate surface area is 92.0 Å². The Balaban J connectivity index is 2.05. The van der Waals surface area contributed by atoms with E-state index in [4.69, 9.17) is 15.0 Å². The summed E-state index contributed by atoms with van der Waals surface area (Å²) in [5.74, 6) is 1.39. The van der Waals surface area contributed by atoms with Crippen LogP contribution < -0.4 is 5.73 Å². The van der Waals surface area contributed by atoms with Gasteiger partial charge in [-0.2, -0.15) is 10.1 Å². The Morgan fingerprint density at radius 2 is 2.44 bits per heavy atom. The standard InChI is InChI=1S/C9H13N5O2/c1-2-15-4-3-7-12-9(16-14-7)6-5-11-13-8(6)10/h5H,2-4H2,1H3,(H3,10,11,13). The van der Waals surface area contributed by atoms with Gasteiger partial charge in [-0.3, -0.25) is 5.10 Å². The largest absolute Gasteiger partial charge is 0.383 e. The molecule has 2 heterocycles. The van der Waals surface area contributed by atoms with E-state index in [9.17, 15) is 0 Å². The number of nitrogens with zero attached hydrogens (tertiary/aromatic N) is 3. The van der Waals surface area contributed by atoms with Crippen molar-refractivity contribution < 1.29 is 9.26 Å². The molecule has 0 aliphatic rings. The van der Waals surface area contributed by atoms with Crippen molar-refractivity contribution in [1.29, 1.82) is 0 Å². The summed E-state index contributed by atoms with van der Waals surface area (Å²) in [6.45, 7) is 3.20. The van der Waals surface area contributed by atoms with Gasteiger partial charge in [-0.25, -0.2) is 0 Å². The number of aromatic nitrogens is 4. The van der Waals surface area contributed by atoms with Crippen molar-refractivity contribution in [3.05, 3.63) is 12.0 Å². The van der Waals surface area contributed by atoms with E-state index in [1.54, 1.807) is 6.20 Å². The van der Waals surface area contributed by atoms with E-state index in [1.807, 2.05) is 6.92 Å². The third-order valence-corrected chi connectivity index (χ3v) is 2.04. The van der Waals surface area contributed by atoms with Gasteiger partial charge >= 0.3 is 0 Å². The molecule has 16 heavy (non-hydrogen) atoms. The van der Waals surface area contributed by atoms with Crippen LogP contribution in [0.3, 0.4) is 0 Å². The smallest absolute Gasteiger partial charge is 0.263 e. The zero-order valence-electron chi connectivity index (χ0n) is 8.93. The molecule has 0 spiro atoms. The minimum atomic E-state index is 0.373. The number of H-pyrrole nitrogens is 1.